The fourth-order valence-electron chi connectivity index (χ4n) is 1.57. The number of Topliss-reactive ketones (excluding diaryl/α,β-unsaturated/α-hetero) is 1. The molecule has 1 aromatic rings. The van der Waals surface area contributed by atoms with Crippen molar-refractivity contribution in [2.24, 2.45) is 0 Å². The van der Waals surface area contributed by atoms with Gasteiger partial charge in [0.25, 0.3) is 24.8 Å². The largest absolute Gasteiger partial charge is 0.295 e. The fraction of sp³-hybridized carbons (Fsp3) is 0.300. The molecule has 0 bridgehead atoms. The smallest absolute Gasteiger partial charge is 0.291 e. The standard InChI is InChI=1S/C10H10O7S2/c11-9(8-4-2-1-3-5-8)10-18(12,13)16-6-7-17-19(10,14)15/h1-5,10H,6-7H2. The number of benzene rings is 1. The Balaban J connectivity index is 2.53. The van der Waals surface area contributed by atoms with Gasteiger partial charge in [-0.15, -0.1) is 0 Å². The summed E-state index contributed by atoms with van der Waals surface area (Å²) in [5.74, 6) is -1.09. The lowest BCUT2D eigenvalue weighted by Crippen LogP contribution is -2.38. The van der Waals surface area contributed by atoms with E-state index in [-0.39, 0.29) is 5.56 Å². The molecule has 0 amide bonds. The first-order valence-corrected chi connectivity index (χ1v) is 8.15. The van der Waals surface area contributed by atoms with Gasteiger partial charge in [-0.25, -0.2) is 0 Å². The molecule has 0 N–H and O–H groups in total. The minimum Gasteiger partial charge on any atom is -0.291 e. The summed E-state index contributed by atoms with van der Waals surface area (Å²) in [5.41, 5.74) is -0.0475. The van der Waals surface area contributed by atoms with E-state index in [0.29, 0.717) is 0 Å². The number of rotatable bonds is 2. The molecule has 0 aromatic heterocycles. The van der Waals surface area contributed by atoms with Crippen LogP contribution < -0.4 is 0 Å². The summed E-state index contributed by atoms with van der Waals surface area (Å²) in [6.07, 6.45) is 0. The molecule has 0 saturated carbocycles. The summed E-state index contributed by atoms with van der Waals surface area (Å²) < 4.78 is 53.4. The van der Waals surface area contributed by atoms with E-state index in [0.717, 1.165) is 0 Å². The van der Waals surface area contributed by atoms with E-state index in [1.54, 1.807) is 6.07 Å². The molecule has 104 valence electrons. The summed E-state index contributed by atoms with van der Waals surface area (Å²) in [6.45, 7) is -0.889. The van der Waals surface area contributed by atoms with Crippen molar-refractivity contribution < 1.29 is 30.0 Å². The van der Waals surface area contributed by atoms with Gasteiger partial charge in [-0.2, -0.15) is 16.8 Å². The SMILES string of the molecule is O=C(c1ccccc1)C1S(=O)(=O)OCCOS1(=O)=O. The average molecular weight is 306 g/mol. The summed E-state index contributed by atoms with van der Waals surface area (Å²) in [4.78, 5) is 12.1. The molecule has 1 saturated heterocycles. The third kappa shape index (κ3) is 2.84. The first-order valence-electron chi connectivity index (χ1n) is 5.20. The molecule has 0 radical (unpaired) electrons. The molecule has 7 nitrogen and oxygen atoms in total. The van der Waals surface area contributed by atoms with Crippen LogP contribution in [0.3, 0.4) is 0 Å². The second-order valence-electron chi connectivity index (χ2n) is 3.69. The minimum absolute atomic E-state index is 0.0475. The maximum absolute atomic E-state index is 12.1. The molecule has 1 aliphatic heterocycles. The quantitative estimate of drug-likeness (QED) is 0.555. The van der Waals surface area contributed by atoms with E-state index >= 15 is 0 Å². The van der Waals surface area contributed by atoms with Crippen molar-refractivity contribution in [1.29, 1.82) is 0 Å². The third-order valence-corrected chi connectivity index (χ3v) is 6.26. The Morgan fingerprint density at radius 1 is 0.947 bits per heavy atom. The monoisotopic (exact) mass is 306 g/mol. The first kappa shape index (κ1) is 14.1. The summed E-state index contributed by atoms with van der Waals surface area (Å²) >= 11 is 0. The highest BCUT2D eigenvalue weighted by Gasteiger charge is 2.47. The van der Waals surface area contributed by atoms with Gasteiger partial charge in [0.15, 0.2) is 0 Å². The molecule has 9 heteroatoms. The van der Waals surface area contributed by atoms with E-state index in [2.05, 4.69) is 8.37 Å². The van der Waals surface area contributed by atoms with Crippen molar-refractivity contribution in [3.8, 4) is 0 Å². The van der Waals surface area contributed by atoms with Gasteiger partial charge < -0.3 is 0 Å². The number of carbonyl (C=O) groups is 1. The lowest BCUT2D eigenvalue weighted by Gasteiger charge is -2.12. The fourth-order valence-corrected chi connectivity index (χ4v) is 4.70. The van der Waals surface area contributed by atoms with Gasteiger partial charge in [0, 0.05) is 5.56 Å². The number of carbonyl (C=O) groups excluding carboxylic acids is 1. The Kier molecular flexibility index (Phi) is 3.72. The van der Waals surface area contributed by atoms with E-state index < -0.39 is 43.8 Å². The second kappa shape index (κ2) is 5.00. The van der Waals surface area contributed by atoms with Crippen LogP contribution in [0.25, 0.3) is 0 Å². The highest BCUT2D eigenvalue weighted by atomic mass is 32.3. The summed E-state index contributed by atoms with van der Waals surface area (Å²) in [6, 6.07) is 7.23. The van der Waals surface area contributed by atoms with Crippen LogP contribution in [0.1, 0.15) is 10.4 Å². The predicted molar refractivity (Wildman–Crippen MR) is 64.3 cm³/mol. The van der Waals surface area contributed by atoms with Crippen molar-refractivity contribution in [2.45, 2.75) is 4.58 Å². The molecule has 19 heavy (non-hydrogen) atoms. The predicted octanol–water partition coefficient (Wildman–Crippen LogP) is -0.0982. The Hall–Kier alpha value is -1.29. The minimum atomic E-state index is -4.58. The van der Waals surface area contributed by atoms with E-state index in [1.807, 2.05) is 0 Å². The van der Waals surface area contributed by atoms with Crippen LogP contribution in [0.4, 0.5) is 0 Å². The number of ketones is 1. The molecule has 2 rings (SSSR count). The number of hydrogen-bond donors (Lipinski definition) is 0. The molecule has 1 aliphatic rings. The normalized spacial score (nSPS) is 22.5. The van der Waals surface area contributed by atoms with Crippen LogP contribution >= 0.6 is 0 Å². The third-order valence-electron chi connectivity index (χ3n) is 2.38. The van der Waals surface area contributed by atoms with Crippen LogP contribution in [0.15, 0.2) is 30.3 Å². The lowest BCUT2D eigenvalue weighted by atomic mass is 10.1. The highest BCUT2D eigenvalue weighted by Crippen LogP contribution is 2.21. The van der Waals surface area contributed by atoms with Crippen LogP contribution in [-0.2, 0) is 28.6 Å². The zero-order chi connectivity index (χ0) is 14.1. The van der Waals surface area contributed by atoms with E-state index in [9.17, 15) is 21.6 Å². The van der Waals surface area contributed by atoms with Gasteiger partial charge in [-0.05, 0) is 0 Å². The molecular weight excluding hydrogens is 296 g/mol. The molecule has 0 unspecified atom stereocenters. The molecule has 1 aromatic carbocycles. The van der Waals surface area contributed by atoms with Crippen molar-refractivity contribution in [3.05, 3.63) is 35.9 Å². The number of hydrogen-bond acceptors (Lipinski definition) is 7. The van der Waals surface area contributed by atoms with Gasteiger partial charge >= 0.3 is 0 Å². The van der Waals surface area contributed by atoms with Crippen LogP contribution in [0.5, 0.6) is 0 Å². The van der Waals surface area contributed by atoms with E-state index in [4.69, 9.17) is 0 Å². The Morgan fingerprint density at radius 3 is 1.89 bits per heavy atom. The molecule has 0 aliphatic carbocycles. The van der Waals surface area contributed by atoms with Gasteiger partial charge in [0.05, 0.1) is 13.2 Å². The lowest BCUT2D eigenvalue weighted by molar-refractivity contribution is 0.100. The highest BCUT2D eigenvalue weighted by molar-refractivity contribution is 8.06. The Morgan fingerprint density at radius 2 is 1.42 bits per heavy atom. The molecular formula is C10H10O7S2. The first-order chi connectivity index (χ1) is 8.84. The maximum Gasteiger partial charge on any atom is 0.295 e. The van der Waals surface area contributed by atoms with Crippen LogP contribution in [0.2, 0.25) is 0 Å². The summed E-state index contributed by atoms with van der Waals surface area (Å²) in [5, 5.41) is 0. The molecule has 1 fully saturated rings. The van der Waals surface area contributed by atoms with Crippen molar-refractivity contribution in [2.75, 3.05) is 13.2 Å². The van der Waals surface area contributed by atoms with Crippen LogP contribution in [0, 0.1) is 0 Å². The van der Waals surface area contributed by atoms with Gasteiger partial charge in [-0.3, -0.25) is 13.2 Å². The van der Waals surface area contributed by atoms with Crippen LogP contribution in [-0.4, -0.2) is 40.4 Å². The van der Waals surface area contributed by atoms with Crippen molar-refractivity contribution in [3.63, 3.8) is 0 Å². The van der Waals surface area contributed by atoms with Crippen molar-refractivity contribution >= 4 is 26.0 Å². The van der Waals surface area contributed by atoms with Gasteiger partial charge in [0.2, 0.25) is 5.78 Å². The maximum atomic E-state index is 12.1. The zero-order valence-corrected chi connectivity index (χ0v) is 11.2. The van der Waals surface area contributed by atoms with Crippen molar-refractivity contribution in [1.82, 2.24) is 0 Å². The van der Waals surface area contributed by atoms with Gasteiger partial charge in [0.1, 0.15) is 0 Å². The average Bonchev–Trinajstić information content (AvgIpc) is 2.45. The van der Waals surface area contributed by atoms with E-state index in [1.165, 1.54) is 24.3 Å². The summed E-state index contributed by atoms with van der Waals surface area (Å²) in [7, 11) is -9.16. The second-order valence-corrected chi connectivity index (χ2v) is 7.38. The Labute approximate surface area is 110 Å². The molecule has 0 spiro atoms. The molecule has 1 heterocycles. The topological polar surface area (TPSA) is 104 Å². The van der Waals surface area contributed by atoms with Gasteiger partial charge in [-0.1, -0.05) is 30.3 Å². The zero-order valence-electron chi connectivity index (χ0n) is 9.55. The Bertz CT molecular complexity index is 640. The molecule has 0 atom stereocenters.